The first-order valence-corrected chi connectivity index (χ1v) is 10.5. The van der Waals surface area contributed by atoms with E-state index in [-0.39, 0.29) is 0 Å². The van der Waals surface area contributed by atoms with E-state index < -0.39 is 13.6 Å². The van der Waals surface area contributed by atoms with Gasteiger partial charge in [-0.25, -0.2) is 18.2 Å². The van der Waals surface area contributed by atoms with E-state index in [2.05, 4.69) is 51.5 Å². The summed E-state index contributed by atoms with van der Waals surface area (Å²) in [4.78, 5) is 22.3. The summed E-state index contributed by atoms with van der Waals surface area (Å²) in [6, 6.07) is 17.2. The molecule has 0 saturated heterocycles. The second-order valence-electron chi connectivity index (χ2n) is 7.11. The molecule has 9 heteroatoms. The summed E-state index contributed by atoms with van der Waals surface area (Å²) in [7, 11) is 1.92. The van der Waals surface area contributed by atoms with E-state index in [1.807, 2.05) is 31.4 Å². The molecular weight excluding hydrogens is 455 g/mol. The van der Waals surface area contributed by atoms with Gasteiger partial charge in [-0.1, -0.05) is 6.07 Å². The molecule has 0 aliphatic carbocycles. The number of nitrogen functional groups attached to an aromatic ring is 1. The highest BCUT2D eigenvalue weighted by Crippen LogP contribution is 2.29. The third kappa shape index (κ3) is 8.22. The van der Waals surface area contributed by atoms with Crippen LogP contribution in [-0.4, -0.2) is 35.2 Å². The number of carbonyl (C=O) groups excluding carboxylic acids is 1. The molecule has 3 aromatic heterocycles. The molecule has 0 fully saturated rings. The second kappa shape index (κ2) is 14.1. The number of rotatable bonds is 5. The first-order chi connectivity index (χ1) is 16.9. The van der Waals surface area contributed by atoms with Crippen molar-refractivity contribution in [3.8, 4) is 22.4 Å². The minimum atomic E-state index is -1.75. The molecule has 0 aliphatic heterocycles. The summed E-state index contributed by atoms with van der Waals surface area (Å²) in [6.45, 7) is -0.263. The third-order valence-corrected chi connectivity index (χ3v) is 4.79. The van der Waals surface area contributed by atoms with Gasteiger partial charge in [0, 0.05) is 42.5 Å². The van der Waals surface area contributed by atoms with Crippen LogP contribution in [0, 0.1) is 6.92 Å². The van der Waals surface area contributed by atoms with Crippen molar-refractivity contribution >= 4 is 17.8 Å². The number of benzene rings is 1. The van der Waals surface area contributed by atoms with Gasteiger partial charge in [-0.2, -0.15) is 0 Å². The lowest BCUT2D eigenvalue weighted by molar-refractivity contribution is 0.112. The zero-order valence-corrected chi connectivity index (χ0v) is 19.4. The van der Waals surface area contributed by atoms with Crippen molar-refractivity contribution in [3.63, 3.8) is 0 Å². The summed E-state index contributed by atoms with van der Waals surface area (Å²) in [5, 5.41) is 3.18. The van der Waals surface area contributed by atoms with E-state index in [0.717, 1.165) is 22.5 Å². The molecule has 0 saturated carbocycles. The lowest BCUT2D eigenvalue weighted by Gasteiger charge is -2.10. The van der Waals surface area contributed by atoms with Gasteiger partial charge < -0.3 is 11.1 Å². The number of pyridine rings is 3. The van der Waals surface area contributed by atoms with Gasteiger partial charge in [0.15, 0.2) is 0 Å². The van der Waals surface area contributed by atoms with Crippen molar-refractivity contribution in [2.45, 2.75) is 13.6 Å². The van der Waals surface area contributed by atoms with Crippen molar-refractivity contribution in [3.05, 3.63) is 90.0 Å². The van der Waals surface area contributed by atoms with Crippen LogP contribution in [0.2, 0.25) is 0 Å². The molecule has 0 atom stereocenters. The van der Waals surface area contributed by atoms with Gasteiger partial charge in [0.1, 0.15) is 18.8 Å². The van der Waals surface area contributed by atoms with Gasteiger partial charge in [0.2, 0.25) is 6.93 Å². The third-order valence-electron chi connectivity index (χ3n) is 4.79. The lowest BCUT2D eigenvalue weighted by Crippen LogP contribution is -1.93. The molecular formula is C26H26F3N5O. The van der Waals surface area contributed by atoms with E-state index >= 15 is 0 Å². The fraction of sp³-hybridized carbons (Fsp3) is 0.154. The number of carbonyl (C=O) groups is 1. The first kappa shape index (κ1) is 27.0. The molecule has 3 N–H and O–H groups in total. The van der Waals surface area contributed by atoms with Crippen LogP contribution in [0.3, 0.4) is 0 Å². The maximum atomic E-state index is 11.9. The SMILES string of the molecule is CNc1ccc(C)c(-c2ccnc(-c3ccnc(N)c3)c2)c1.FCF.O=Cc1ccnc(CF)c1. The Hall–Kier alpha value is -4.27. The average molecular weight is 482 g/mol. The highest BCUT2D eigenvalue weighted by molar-refractivity contribution is 5.75. The predicted molar refractivity (Wildman–Crippen MR) is 133 cm³/mol. The van der Waals surface area contributed by atoms with E-state index in [4.69, 9.17) is 5.73 Å². The van der Waals surface area contributed by atoms with E-state index in [1.165, 1.54) is 29.5 Å². The first-order valence-electron chi connectivity index (χ1n) is 10.5. The predicted octanol–water partition coefficient (Wildman–Crippen LogP) is 5.99. The number of aromatic nitrogens is 3. The Morgan fingerprint density at radius 2 is 1.57 bits per heavy atom. The minimum absolute atomic E-state index is 0.296. The molecule has 6 nitrogen and oxygen atoms in total. The number of halogens is 3. The highest BCUT2D eigenvalue weighted by Gasteiger charge is 2.07. The van der Waals surface area contributed by atoms with E-state index in [1.54, 1.807) is 6.20 Å². The Morgan fingerprint density at radius 1 is 0.886 bits per heavy atom. The number of hydrogen-bond donors (Lipinski definition) is 2. The van der Waals surface area contributed by atoms with Crippen LogP contribution in [0.5, 0.6) is 0 Å². The molecule has 1 aromatic carbocycles. The summed E-state index contributed by atoms with van der Waals surface area (Å²) in [5.41, 5.74) is 13.0. The number of nitrogens with zero attached hydrogens (tertiary/aromatic N) is 3. The Kier molecular flexibility index (Phi) is 10.9. The van der Waals surface area contributed by atoms with Crippen molar-refractivity contribution in [1.82, 2.24) is 15.0 Å². The van der Waals surface area contributed by atoms with Crippen molar-refractivity contribution < 1.29 is 18.0 Å². The Morgan fingerprint density at radius 3 is 2.23 bits per heavy atom. The molecule has 4 aromatic rings. The largest absolute Gasteiger partial charge is 0.388 e. The van der Waals surface area contributed by atoms with Gasteiger partial charge >= 0.3 is 0 Å². The molecule has 0 amide bonds. The highest BCUT2D eigenvalue weighted by atomic mass is 19.3. The molecule has 0 bridgehead atoms. The van der Waals surface area contributed by atoms with Crippen LogP contribution in [0.25, 0.3) is 22.4 Å². The number of aryl methyl sites for hydroxylation is 1. The smallest absolute Gasteiger partial charge is 0.229 e. The maximum absolute atomic E-state index is 11.9. The van der Waals surface area contributed by atoms with Gasteiger partial charge in [-0.15, -0.1) is 0 Å². The molecule has 35 heavy (non-hydrogen) atoms. The molecule has 0 unspecified atom stereocenters. The molecule has 0 radical (unpaired) electrons. The van der Waals surface area contributed by atoms with Crippen molar-refractivity contribution in [2.75, 3.05) is 25.0 Å². The Bertz CT molecular complexity index is 1240. The average Bonchev–Trinajstić information content (AvgIpc) is 2.90. The monoisotopic (exact) mass is 481 g/mol. The Labute approximate surface area is 202 Å². The van der Waals surface area contributed by atoms with Gasteiger partial charge in [0.05, 0.1) is 11.4 Å². The normalized spacial score (nSPS) is 9.74. The summed E-state index contributed by atoms with van der Waals surface area (Å²) in [6.07, 6.45) is 5.61. The van der Waals surface area contributed by atoms with Crippen LogP contribution >= 0.6 is 0 Å². The molecule has 3 heterocycles. The quantitative estimate of drug-likeness (QED) is 0.340. The van der Waals surface area contributed by atoms with Crippen LogP contribution in [0.15, 0.2) is 73.2 Å². The van der Waals surface area contributed by atoms with Gasteiger partial charge in [0.25, 0.3) is 0 Å². The number of aldehydes is 1. The van der Waals surface area contributed by atoms with Gasteiger partial charge in [-0.05, 0) is 72.1 Å². The number of hydrogen-bond acceptors (Lipinski definition) is 6. The van der Waals surface area contributed by atoms with Crippen molar-refractivity contribution in [1.29, 1.82) is 0 Å². The fourth-order valence-electron chi connectivity index (χ4n) is 3.10. The zero-order chi connectivity index (χ0) is 25.6. The Balaban J connectivity index is 0.000000277. The topological polar surface area (TPSA) is 93.8 Å². The van der Waals surface area contributed by atoms with Crippen LogP contribution in [0.4, 0.5) is 24.7 Å². The number of nitrogens with one attached hydrogen (secondary N) is 1. The zero-order valence-electron chi connectivity index (χ0n) is 19.4. The number of nitrogens with two attached hydrogens (primary N) is 1. The molecule has 0 spiro atoms. The summed E-state index contributed by atoms with van der Waals surface area (Å²) < 4.78 is 31.1. The lowest BCUT2D eigenvalue weighted by atomic mass is 9.99. The summed E-state index contributed by atoms with van der Waals surface area (Å²) >= 11 is 0. The summed E-state index contributed by atoms with van der Waals surface area (Å²) in [5.74, 6) is 0.498. The standard InChI is InChI=1S/C18H18N4.C7H6FNO.CH2F2/c1-12-3-4-15(20-2)11-16(12)13-5-7-21-17(9-13)14-6-8-22-18(19)10-14;8-4-7-3-6(5-10)1-2-9-7;2-1-3/h3-11,20H,1-2H3,(H2,19,22);1-3,5H,4H2;1H2. The van der Waals surface area contributed by atoms with Crippen molar-refractivity contribution in [2.24, 2.45) is 0 Å². The fourth-order valence-corrected chi connectivity index (χ4v) is 3.10. The van der Waals surface area contributed by atoms with Crippen LogP contribution in [0.1, 0.15) is 21.6 Å². The van der Waals surface area contributed by atoms with Crippen LogP contribution < -0.4 is 11.1 Å². The van der Waals surface area contributed by atoms with Gasteiger partial charge in [-0.3, -0.25) is 14.8 Å². The molecule has 182 valence electrons. The van der Waals surface area contributed by atoms with E-state index in [9.17, 15) is 18.0 Å². The number of alkyl halides is 3. The maximum Gasteiger partial charge on any atom is 0.229 e. The molecule has 4 rings (SSSR count). The molecule has 0 aliphatic rings. The van der Waals surface area contributed by atoms with Crippen LogP contribution in [-0.2, 0) is 6.67 Å². The van der Waals surface area contributed by atoms with E-state index in [0.29, 0.717) is 23.4 Å². The second-order valence-corrected chi connectivity index (χ2v) is 7.11. The number of anilines is 2. The minimum Gasteiger partial charge on any atom is -0.388 e.